The number of benzene rings is 1. The molecule has 274 valence electrons. The van der Waals surface area contributed by atoms with Crippen LogP contribution in [0.3, 0.4) is 0 Å². The minimum absolute atomic E-state index is 0.0265. The monoisotopic (exact) mass is 688 g/mol. The number of aliphatic hydroxyl groups excluding tert-OH is 1. The summed E-state index contributed by atoms with van der Waals surface area (Å²) in [4.78, 5) is 76.5. The standard InChI is InChI=1S/C35H56N6O8/c1-21(2)26-19-29(43)41(33(26)46)18-9-7-8-12-28(42)40-30(22(3)4)32(45)39-27(11-10-17-37-35(36)48)31(44)38-25-15-13-24(14-16-25)20-49-34(47)23(5)6/h13-16,21-23,26-27,29-30,43H,7-12,17-20H2,1-6H3,(H,38,44)(H,39,45)(H,40,42)(H3,36,37,48). The van der Waals surface area contributed by atoms with Crippen LogP contribution in [-0.2, 0) is 35.3 Å². The molecular weight excluding hydrogens is 632 g/mol. The molecule has 1 aromatic rings. The normalized spacial score (nSPS) is 17.2. The molecule has 1 aromatic carbocycles. The van der Waals surface area contributed by atoms with Gasteiger partial charge < -0.3 is 41.7 Å². The summed E-state index contributed by atoms with van der Waals surface area (Å²) in [5, 5.41) is 21.1. The first kappa shape index (κ1) is 41.0. The Morgan fingerprint density at radius 3 is 2.18 bits per heavy atom. The molecule has 4 unspecified atom stereocenters. The van der Waals surface area contributed by atoms with E-state index in [0.29, 0.717) is 44.3 Å². The average molecular weight is 689 g/mol. The molecule has 0 aromatic heterocycles. The van der Waals surface area contributed by atoms with Gasteiger partial charge in [-0.15, -0.1) is 0 Å². The number of likely N-dealkylation sites (tertiary alicyclic amines) is 1. The zero-order valence-corrected chi connectivity index (χ0v) is 29.8. The van der Waals surface area contributed by atoms with Crippen molar-refractivity contribution in [3.8, 4) is 0 Å². The molecule has 14 nitrogen and oxygen atoms in total. The summed E-state index contributed by atoms with van der Waals surface area (Å²) in [7, 11) is 0. The van der Waals surface area contributed by atoms with Crippen LogP contribution in [0.25, 0.3) is 0 Å². The summed E-state index contributed by atoms with van der Waals surface area (Å²) < 4.78 is 5.24. The van der Waals surface area contributed by atoms with Gasteiger partial charge in [0.05, 0.1) is 5.92 Å². The van der Waals surface area contributed by atoms with Crippen molar-refractivity contribution in [3.05, 3.63) is 29.8 Å². The van der Waals surface area contributed by atoms with Crippen LogP contribution in [0.5, 0.6) is 0 Å². The van der Waals surface area contributed by atoms with E-state index in [9.17, 15) is 33.9 Å². The predicted octanol–water partition coefficient (Wildman–Crippen LogP) is 2.78. The molecule has 2 rings (SSSR count). The van der Waals surface area contributed by atoms with Crippen LogP contribution in [-0.4, -0.2) is 77.0 Å². The van der Waals surface area contributed by atoms with Crippen LogP contribution in [0.2, 0.25) is 0 Å². The zero-order chi connectivity index (χ0) is 36.7. The van der Waals surface area contributed by atoms with Gasteiger partial charge in [-0.25, -0.2) is 4.79 Å². The first-order valence-corrected chi connectivity index (χ1v) is 17.3. The second-order valence-corrected chi connectivity index (χ2v) is 13.6. The minimum atomic E-state index is -0.981. The van der Waals surface area contributed by atoms with E-state index in [1.54, 1.807) is 52.0 Å². The molecule has 0 radical (unpaired) electrons. The largest absolute Gasteiger partial charge is 0.461 e. The summed E-state index contributed by atoms with van der Waals surface area (Å²) in [6.45, 7) is 11.7. The van der Waals surface area contributed by atoms with Crippen molar-refractivity contribution in [3.63, 3.8) is 0 Å². The van der Waals surface area contributed by atoms with Crippen molar-refractivity contribution in [2.75, 3.05) is 18.4 Å². The number of unbranched alkanes of at least 4 members (excludes halogenated alkanes) is 2. The first-order chi connectivity index (χ1) is 23.1. The van der Waals surface area contributed by atoms with Crippen molar-refractivity contribution in [1.29, 1.82) is 0 Å². The Morgan fingerprint density at radius 1 is 0.939 bits per heavy atom. The van der Waals surface area contributed by atoms with Crippen molar-refractivity contribution in [2.45, 2.75) is 111 Å². The molecular formula is C35H56N6O8. The number of nitrogens with zero attached hydrogens (tertiary/aromatic N) is 1. The highest BCUT2D eigenvalue weighted by atomic mass is 16.5. The third kappa shape index (κ3) is 14.1. The van der Waals surface area contributed by atoms with Gasteiger partial charge in [-0.3, -0.25) is 24.0 Å². The number of nitrogens with one attached hydrogen (secondary N) is 4. The topological polar surface area (TPSA) is 209 Å². The zero-order valence-electron chi connectivity index (χ0n) is 29.8. The molecule has 1 aliphatic rings. The lowest BCUT2D eigenvalue weighted by molar-refractivity contribution is -0.148. The number of amides is 6. The highest BCUT2D eigenvalue weighted by Crippen LogP contribution is 2.29. The Labute approximate surface area is 289 Å². The van der Waals surface area contributed by atoms with Crippen molar-refractivity contribution in [2.24, 2.45) is 29.4 Å². The van der Waals surface area contributed by atoms with Gasteiger partial charge in [0.2, 0.25) is 23.6 Å². The molecule has 4 atom stereocenters. The lowest BCUT2D eigenvalue weighted by Crippen LogP contribution is -2.54. The molecule has 49 heavy (non-hydrogen) atoms. The molecule has 6 amide bonds. The smallest absolute Gasteiger partial charge is 0.312 e. The number of urea groups is 1. The van der Waals surface area contributed by atoms with Crippen LogP contribution >= 0.6 is 0 Å². The number of nitrogens with two attached hydrogens (primary N) is 1. The van der Waals surface area contributed by atoms with Gasteiger partial charge in [0, 0.05) is 37.5 Å². The van der Waals surface area contributed by atoms with Gasteiger partial charge in [-0.05, 0) is 55.2 Å². The Hall–Kier alpha value is -4.20. The second-order valence-electron chi connectivity index (χ2n) is 13.6. The maximum Gasteiger partial charge on any atom is 0.312 e. The Balaban J connectivity index is 1.93. The SMILES string of the molecule is CC(C)C(=O)OCc1ccc(NC(=O)C(CCCNC(N)=O)NC(=O)C(NC(=O)CCCCCN2C(=O)C(C(C)C)CC2O)C(C)C)cc1. The van der Waals surface area contributed by atoms with E-state index in [-0.39, 0.29) is 67.4 Å². The molecule has 7 N–H and O–H groups in total. The molecule has 14 heteroatoms. The van der Waals surface area contributed by atoms with Gasteiger partial charge in [0.1, 0.15) is 24.9 Å². The Kier molecular flexibility index (Phi) is 17.0. The molecule has 0 saturated carbocycles. The molecule has 1 heterocycles. The van der Waals surface area contributed by atoms with Gasteiger partial charge in [0.15, 0.2) is 0 Å². The van der Waals surface area contributed by atoms with Crippen molar-refractivity contribution in [1.82, 2.24) is 20.9 Å². The number of rotatable bonds is 20. The number of primary amides is 1. The van der Waals surface area contributed by atoms with Crippen LogP contribution in [0.1, 0.15) is 92.1 Å². The average Bonchev–Trinajstić information content (AvgIpc) is 3.32. The van der Waals surface area contributed by atoms with E-state index in [1.165, 1.54) is 4.90 Å². The number of aliphatic hydroxyl groups is 1. The lowest BCUT2D eigenvalue weighted by Gasteiger charge is -2.25. The third-order valence-electron chi connectivity index (χ3n) is 8.47. The fraction of sp³-hybridized carbons (Fsp3) is 0.657. The Morgan fingerprint density at radius 2 is 1.61 bits per heavy atom. The fourth-order valence-electron chi connectivity index (χ4n) is 5.44. The van der Waals surface area contributed by atoms with Crippen LogP contribution in [0.4, 0.5) is 10.5 Å². The molecule has 0 aliphatic carbocycles. The molecule has 0 spiro atoms. The first-order valence-electron chi connectivity index (χ1n) is 17.3. The summed E-state index contributed by atoms with van der Waals surface area (Å²) in [5.41, 5.74) is 6.36. The molecule has 1 aliphatic heterocycles. The van der Waals surface area contributed by atoms with Gasteiger partial charge in [0.25, 0.3) is 0 Å². The van der Waals surface area contributed by atoms with E-state index in [2.05, 4.69) is 21.3 Å². The number of carbonyl (C=O) groups excluding carboxylic acids is 6. The fourth-order valence-corrected chi connectivity index (χ4v) is 5.44. The number of esters is 1. The number of carbonyl (C=O) groups is 6. The quantitative estimate of drug-likeness (QED) is 0.0884. The van der Waals surface area contributed by atoms with E-state index in [4.69, 9.17) is 10.5 Å². The Bertz CT molecular complexity index is 1270. The van der Waals surface area contributed by atoms with E-state index in [1.807, 2.05) is 13.8 Å². The van der Waals surface area contributed by atoms with Crippen molar-refractivity contribution < 1.29 is 38.6 Å². The molecule has 0 bridgehead atoms. The summed E-state index contributed by atoms with van der Waals surface area (Å²) in [6, 6.07) is 4.18. The maximum atomic E-state index is 13.4. The predicted molar refractivity (Wildman–Crippen MR) is 184 cm³/mol. The summed E-state index contributed by atoms with van der Waals surface area (Å²) in [6.07, 6.45) is 2.23. The van der Waals surface area contributed by atoms with Crippen LogP contribution in [0, 0.1) is 23.7 Å². The number of hydrogen-bond acceptors (Lipinski definition) is 8. The van der Waals surface area contributed by atoms with E-state index >= 15 is 0 Å². The van der Waals surface area contributed by atoms with E-state index < -0.39 is 36.2 Å². The van der Waals surface area contributed by atoms with E-state index in [0.717, 1.165) is 5.56 Å². The maximum absolute atomic E-state index is 13.4. The van der Waals surface area contributed by atoms with Crippen LogP contribution < -0.4 is 27.0 Å². The highest BCUT2D eigenvalue weighted by Gasteiger charge is 2.39. The van der Waals surface area contributed by atoms with Crippen LogP contribution in [0.15, 0.2) is 24.3 Å². The summed E-state index contributed by atoms with van der Waals surface area (Å²) >= 11 is 0. The highest BCUT2D eigenvalue weighted by molar-refractivity contribution is 5.98. The van der Waals surface area contributed by atoms with Gasteiger partial charge in [-0.1, -0.05) is 60.1 Å². The van der Waals surface area contributed by atoms with Gasteiger partial charge >= 0.3 is 12.0 Å². The lowest BCUT2D eigenvalue weighted by atomic mass is 9.94. The van der Waals surface area contributed by atoms with Crippen molar-refractivity contribution >= 4 is 41.3 Å². The number of anilines is 1. The molecule has 1 saturated heterocycles. The van der Waals surface area contributed by atoms with Gasteiger partial charge in [-0.2, -0.15) is 0 Å². The third-order valence-corrected chi connectivity index (χ3v) is 8.47. The minimum Gasteiger partial charge on any atom is -0.461 e. The number of hydrogen-bond donors (Lipinski definition) is 6. The summed E-state index contributed by atoms with van der Waals surface area (Å²) in [5.74, 6) is -2.18. The number of ether oxygens (including phenoxy) is 1. The second kappa shape index (κ2) is 20.3. The molecule has 1 fully saturated rings.